The van der Waals surface area contributed by atoms with E-state index in [0.717, 1.165) is 42.9 Å². The van der Waals surface area contributed by atoms with E-state index in [4.69, 9.17) is 0 Å². The topological polar surface area (TPSA) is 49.4 Å². The molecule has 0 aromatic rings. The second kappa shape index (κ2) is 8.09. The number of likely N-dealkylation sites (tertiary alicyclic amines) is 1. The number of hydrogen-bond acceptors (Lipinski definition) is 2. The van der Waals surface area contributed by atoms with Crippen molar-refractivity contribution in [1.29, 1.82) is 0 Å². The molecule has 0 spiro atoms. The summed E-state index contributed by atoms with van der Waals surface area (Å²) in [6.45, 7) is 9.64. The first kappa shape index (κ1) is 23.8. The third kappa shape index (κ3) is 3.30. The molecule has 1 aliphatic heterocycles. The second-order valence-electron chi connectivity index (χ2n) is 15.2. The molecule has 0 radical (unpaired) electrons. The lowest BCUT2D eigenvalue weighted by molar-refractivity contribution is -0.162. The summed E-state index contributed by atoms with van der Waals surface area (Å²) < 4.78 is 0. The molecule has 8 rings (SSSR count). The van der Waals surface area contributed by atoms with Crippen molar-refractivity contribution >= 4 is 11.8 Å². The Labute approximate surface area is 218 Å². The summed E-state index contributed by atoms with van der Waals surface area (Å²) in [5.41, 5.74) is 0.509. The maximum Gasteiger partial charge on any atom is 0.224 e. The fourth-order valence-corrected chi connectivity index (χ4v) is 12.4. The maximum absolute atomic E-state index is 14.0. The molecule has 8 aliphatic rings. The molecule has 7 atom stereocenters. The Balaban J connectivity index is 1.09. The van der Waals surface area contributed by atoms with Gasteiger partial charge in [0, 0.05) is 30.5 Å². The van der Waals surface area contributed by atoms with E-state index >= 15 is 0 Å². The number of fused-ring (bicyclic) bond motifs is 5. The first-order valence-electron chi connectivity index (χ1n) is 15.5. The Morgan fingerprint density at radius 1 is 0.944 bits per heavy atom. The van der Waals surface area contributed by atoms with Crippen molar-refractivity contribution in [3.8, 4) is 0 Å². The molecular formula is C32H48N2O2. The van der Waals surface area contributed by atoms with Gasteiger partial charge in [-0.3, -0.25) is 9.59 Å². The molecule has 1 N–H and O–H groups in total. The number of carbonyl (C=O) groups is 2. The van der Waals surface area contributed by atoms with Crippen molar-refractivity contribution < 1.29 is 9.59 Å². The highest BCUT2D eigenvalue weighted by Gasteiger charge is 2.63. The molecule has 4 nitrogen and oxygen atoms in total. The van der Waals surface area contributed by atoms with E-state index in [0.29, 0.717) is 42.7 Å². The highest BCUT2D eigenvalue weighted by molar-refractivity contribution is 5.81. The Morgan fingerprint density at radius 3 is 2.28 bits per heavy atom. The third-order valence-electron chi connectivity index (χ3n) is 13.5. The summed E-state index contributed by atoms with van der Waals surface area (Å²) in [5.74, 6) is 5.66. The SMILES string of the molecule is C=CCN1C(=O)CC[C@@]2(C)C1CC[C@@H]1[C@H]2CC[C@]2(C)C(C(=O)NC34CC5CC(CC(C5)C3)C4)CC[C@@H]12. The highest BCUT2D eigenvalue weighted by Crippen LogP contribution is 2.66. The summed E-state index contributed by atoms with van der Waals surface area (Å²) in [6, 6.07) is 0.374. The summed E-state index contributed by atoms with van der Waals surface area (Å²) in [4.78, 5) is 29.0. The quantitative estimate of drug-likeness (QED) is 0.482. The van der Waals surface area contributed by atoms with Gasteiger partial charge < -0.3 is 10.2 Å². The Hall–Kier alpha value is -1.32. The standard InChI is InChI=1S/C32H48N2O2/c1-4-13-34-27-8-5-23-24-6-7-26(30(24,2)11-9-25(23)31(27,3)12-10-28(34)35)29(36)33-32-17-20-14-21(18-32)16-22(15-20)19-32/h4,20-27H,1,5-19H2,2-3H3,(H,33,36)/t20?,21?,22?,23-,24-,25+,26?,27?,30-,31+,32?/m0/s1. The van der Waals surface area contributed by atoms with Crippen LogP contribution in [0.25, 0.3) is 0 Å². The van der Waals surface area contributed by atoms with Crippen LogP contribution in [0.4, 0.5) is 0 Å². The molecule has 7 saturated carbocycles. The zero-order valence-electron chi connectivity index (χ0n) is 22.8. The van der Waals surface area contributed by atoms with Crippen molar-refractivity contribution in [1.82, 2.24) is 10.2 Å². The number of hydrogen-bond donors (Lipinski definition) is 1. The predicted octanol–water partition coefficient (Wildman–Crippen LogP) is 6.11. The maximum atomic E-state index is 14.0. The van der Waals surface area contributed by atoms with Crippen LogP contribution in [0.2, 0.25) is 0 Å². The number of rotatable bonds is 4. The van der Waals surface area contributed by atoms with Crippen molar-refractivity contribution in [3.05, 3.63) is 12.7 Å². The smallest absolute Gasteiger partial charge is 0.224 e. The number of piperidine rings is 1. The minimum atomic E-state index is 0.131. The van der Waals surface area contributed by atoms with Crippen molar-refractivity contribution in [3.63, 3.8) is 0 Å². The normalized spacial score (nSPS) is 52.9. The van der Waals surface area contributed by atoms with Crippen LogP contribution in [0.3, 0.4) is 0 Å². The molecule has 0 aromatic heterocycles. The van der Waals surface area contributed by atoms with Gasteiger partial charge in [-0.15, -0.1) is 6.58 Å². The van der Waals surface area contributed by atoms with Gasteiger partial charge in [0.2, 0.25) is 11.8 Å². The zero-order valence-corrected chi connectivity index (χ0v) is 22.8. The van der Waals surface area contributed by atoms with Crippen LogP contribution < -0.4 is 5.32 Å². The van der Waals surface area contributed by atoms with Crippen molar-refractivity contribution in [2.75, 3.05) is 6.54 Å². The van der Waals surface area contributed by atoms with Crippen LogP contribution in [0.1, 0.15) is 104 Å². The third-order valence-corrected chi connectivity index (χ3v) is 13.5. The van der Waals surface area contributed by atoms with Gasteiger partial charge in [-0.05, 0) is 130 Å². The van der Waals surface area contributed by atoms with E-state index < -0.39 is 0 Å². The van der Waals surface area contributed by atoms with Crippen molar-refractivity contribution in [2.45, 2.75) is 115 Å². The summed E-state index contributed by atoms with van der Waals surface area (Å²) in [6.07, 6.45) is 18.8. The molecule has 7 aliphatic carbocycles. The molecule has 4 bridgehead atoms. The first-order chi connectivity index (χ1) is 17.2. The Morgan fingerprint density at radius 2 is 1.61 bits per heavy atom. The minimum absolute atomic E-state index is 0.131. The van der Waals surface area contributed by atoms with E-state index in [1.54, 1.807) is 0 Å². The van der Waals surface area contributed by atoms with Gasteiger partial charge in [0.15, 0.2) is 0 Å². The number of nitrogens with one attached hydrogen (secondary N) is 1. The summed E-state index contributed by atoms with van der Waals surface area (Å²) in [7, 11) is 0. The zero-order chi connectivity index (χ0) is 24.9. The van der Waals surface area contributed by atoms with Gasteiger partial charge in [0.05, 0.1) is 0 Å². The van der Waals surface area contributed by atoms with Crippen LogP contribution in [-0.4, -0.2) is 34.8 Å². The average Bonchev–Trinajstić information content (AvgIpc) is 3.17. The molecule has 1 heterocycles. The monoisotopic (exact) mass is 492 g/mol. The number of carbonyl (C=O) groups excluding carboxylic acids is 2. The molecule has 36 heavy (non-hydrogen) atoms. The van der Waals surface area contributed by atoms with E-state index in [1.165, 1.54) is 64.2 Å². The molecule has 2 unspecified atom stereocenters. The highest BCUT2D eigenvalue weighted by atomic mass is 16.2. The fourth-order valence-electron chi connectivity index (χ4n) is 12.4. The predicted molar refractivity (Wildman–Crippen MR) is 142 cm³/mol. The number of nitrogens with zero attached hydrogens (tertiary/aromatic N) is 1. The molecule has 0 aromatic carbocycles. The second-order valence-corrected chi connectivity index (χ2v) is 15.2. The van der Waals surface area contributed by atoms with Crippen molar-refractivity contribution in [2.24, 2.45) is 52.3 Å². The largest absolute Gasteiger partial charge is 0.350 e. The molecule has 1 saturated heterocycles. The lowest BCUT2D eigenvalue weighted by atomic mass is 9.46. The molecule has 198 valence electrons. The molecule has 8 fully saturated rings. The summed E-state index contributed by atoms with van der Waals surface area (Å²) >= 11 is 0. The van der Waals surface area contributed by atoms with E-state index in [9.17, 15) is 9.59 Å². The number of amides is 2. The van der Waals surface area contributed by atoms with E-state index in [1.807, 2.05) is 6.08 Å². The van der Waals surface area contributed by atoms with Gasteiger partial charge in [-0.25, -0.2) is 0 Å². The molecular weight excluding hydrogens is 444 g/mol. The van der Waals surface area contributed by atoms with Gasteiger partial charge >= 0.3 is 0 Å². The van der Waals surface area contributed by atoms with E-state index in [-0.39, 0.29) is 22.3 Å². The van der Waals surface area contributed by atoms with Gasteiger partial charge in [-0.2, -0.15) is 0 Å². The lowest BCUT2D eigenvalue weighted by Crippen LogP contribution is -2.63. The first-order valence-corrected chi connectivity index (χ1v) is 15.5. The van der Waals surface area contributed by atoms with Gasteiger partial charge in [0.25, 0.3) is 0 Å². The van der Waals surface area contributed by atoms with Crippen LogP contribution in [-0.2, 0) is 9.59 Å². The van der Waals surface area contributed by atoms with Crippen LogP contribution >= 0.6 is 0 Å². The van der Waals surface area contributed by atoms with Crippen LogP contribution in [0, 0.1) is 52.3 Å². The Kier molecular flexibility index (Phi) is 5.34. The summed E-state index contributed by atoms with van der Waals surface area (Å²) in [5, 5.41) is 3.78. The van der Waals surface area contributed by atoms with E-state index in [2.05, 4.69) is 30.6 Å². The minimum Gasteiger partial charge on any atom is -0.350 e. The lowest BCUT2D eigenvalue weighted by Gasteiger charge is -2.62. The molecule has 4 heteroatoms. The average molecular weight is 493 g/mol. The van der Waals surface area contributed by atoms with Crippen LogP contribution in [0.5, 0.6) is 0 Å². The Bertz CT molecular complexity index is 923. The molecule has 2 amide bonds. The van der Waals surface area contributed by atoms with Gasteiger partial charge in [0.1, 0.15) is 0 Å². The van der Waals surface area contributed by atoms with Crippen LogP contribution in [0.15, 0.2) is 12.7 Å². The fraction of sp³-hybridized carbons (Fsp3) is 0.875. The van der Waals surface area contributed by atoms with Gasteiger partial charge in [-0.1, -0.05) is 19.9 Å².